The summed E-state index contributed by atoms with van der Waals surface area (Å²) in [4.78, 5) is 33.2. The van der Waals surface area contributed by atoms with Crippen LogP contribution in [-0.4, -0.2) is 28.9 Å². The monoisotopic (exact) mass is 265 g/mol. The molecule has 2 amide bonds. The number of nitrogen functional groups attached to an aromatic ring is 1. The van der Waals surface area contributed by atoms with Gasteiger partial charge in [0.25, 0.3) is 0 Å². The number of carboxylic acids is 1. The molecule has 0 aromatic heterocycles. The Bertz CT molecular complexity index is 502. The fourth-order valence-corrected chi connectivity index (χ4v) is 1.54. The Morgan fingerprint density at radius 2 is 2.00 bits per heavy atom. The number of amides is 2. The molecule has 0 aliphatic heterocycles. The van der Waals surface area contributed by atoms with Crippen LogP contribution in [0.5, 0.6) is 0 Å². The lowest BCUT2D eigenvalue weighted by molar-refractivity contribution is -0.143. The van der Waals surface area contributed by atoms with Gasteiger partial charge in [0.1, 0.15) is 6.04 Å². The van der Waals surface area contributed by atoms with Crippen molar-refractivity contribution < 1.29 is 19.5 Å². The number of rotatable bonds is 6. The Hall–Kier alpha value is -2.57. The number of aliphatic carboxylic acids is 1. The molecule has 0 fully saturated rings. The number of primary amides is 1. The number of anilines is 1. The van der Waals surface area contributed by atoms with E-state index in [1.165, 1.54) is 0 Å². The van der Waals surface area contributed by atoms with Gasteiger partial charge in [-0.2, -0.15) is 0 Å². The summed E-state index contributed by atoms with van der Waals surface area (Å²) < 4.78 is 0. The van der Waals surface area contributed by atoms with Crippen LogP contribution in [0.4, 0.5) is 5.69 Å². The second-order valence-electron chi connectivity index (χ2n) is 4.05. The van der Waals surface area contributed by atoms with Crippen LogP contribution in [-0.2, 0) is 20.8 Å². The first kappa shape index (κ1) is 14.5. The van der Waals surface area contributed by atoms with Gasteiger partial charge in [0.15, 0.2) is 0 Å². The molecule has 0 aliphatic carbocycles. The molecule has 1 aromatic rings. The largest absolute Gasteiger partial charge is 0.480 e. The number of carbonyl (C=O) groups excluding carboxylic acids is 2. The van der Waals surface area contributed by atoms with Crippen molar-refractivity contribution in [1.29, 1.82) is 0 Å². The highest BCUT2D eigenvalue weighted by atomic mass is 16.4. The van der Waals surface area contributed by atoms with Gasteiger partial charge < -0.3 is 21.9 Å². The maximum absolute atomic E-state index is 11.7. The van der Waals surface area contributed by atoms with Gasteiger partial charge in [0.2, 0.25) is 11.8 Å². The second kappa shape index (κ2) is 6.39. The van der Waals surface area contributed by atoms with E-state index in [1.807, 2.05) is 0 Å². The minimum Gasteiger partial charge on any atom is -0.480 e. The molecule has 0 unspecified atom stereocenters. The normalized spacial score (nSPS) is 11.6. The minimum atomic E-state index is -1.31. The Balaban J connectivity index is 2.62. The molecular formula is C12H15N3O4. The molecule has 0 spiro atoms. The average Bonchev–Trinajstić information content (AvgIpc) is 2.27. The van der Waals surface area contributed by atoms with E-state index in [0.717, 1.165) is 0 Å². The molecule has 0 saturated heterocycles. The van der Waals surface area contributed by atoms with Crippen LogP contribution in [0, 0.1) is 0 Å². The Kier molecular flexibility index (Phi) is 4.87. The summed E-state index contributed by atoms with van der Waals surface area (Å²) in [5, 5.41) is 11.1. The van der Waals surface area contributed by atoms with E-state index in [9.17, 15) is 14.4 Å². The molecule has 0 bridgehead atoms. The standard InChI is InChI=1S/C12H15N3O4/c13-8-3-1-2-7(4-8)5-11(17)15-9(12(18)19)6-10(14)16/h1-4,9H,5-6,13H2,(H2,14,16)(H,15,17)(H,18,19)/t9-/m0/s1. The van der Waals surface area contributed by atoms with Crippen LogP contribution in [0.25, 0.3) is 0 Å². The lowest BCUT2D eigenvalue weighted by atomic mass is 10.1. The van der Waals surface area contributed by atoms with Crippen molar-refractivity contribution in [2.24, 2.45) is 5.73 Å². The molecule has 1 atom stereocenters. The summed E-state index contributed by atoms with van der Waals surface area (Å²) >= 11 is 0. The summed E-state index contributed by atoms with van der Waals surface area (Å²) in [6.07, 6.45) is -0.467. The van der Waals surface area contributed by atoms with Gasteiger partial charge in [-0.3, -0.25) is 9.59 Å². The van der Waals surface area contributed by atoms with Crippen LogP contribution in [0.3, 0.4) is 0 Å². The number of nitrogens with two attached hydrogens (primary N) is 2. The summed E-state index contributed by atoms with van der Waals surface area (Å²) in [6.45, 7) is 0. The van der Waals surface area contributed by atoms with Crippen LogP contribution in [0.15, 0.2) is 24.3 Å². The number of nitrogens with one attached hydrogen (secondary N) is 1. The van der Waals surface area contributed by atoms with E-state index in [1.54, 1.807) is 24.3 Å². The molecule has 19 heavy (non-hydrogen) atoms. The van der Waals surface area contributed by atoms with Crippen molar-refractivity contribution in [2.45, 2.75) is 18.9 Å². The summed E-state index contributed by atoms with van der Waals surface area (Å²) in [7, 11) is 0. The van der Waals surface area contributed by atoms with Crippen molar-refractivity contribution in [3.63, 3.8) is 0 Å². The Morgan fingerprint density at radius 3 is 2.53 bits per heavy atom. The third kappa shape index (κ3) is 5.07. The van der Waals surface area contributed by atoms with Gasteiger partial charge in [-0.1, -0.05) is 12.1 Å². The zero-order chi connectivity index (χ0) is 14.4. The van der Waals surface area contributed by atoms with Crippen LogP contribution in [0.1, 0.15) is 12.0 Å². The van der Waals surface area contributed by atoms with Gasteiger partial charge in [-0.25, -0.2) is 4.79 Å². The highest BCUT2D eigenvalue weighted by Crippen LogP contribution is 2.07. The molecule has 7 heteroatoms. The van der Waals surface area contributed by atoms with Gasteiger partial charge in [0.05, 0.1) is 12.8 Å². The van der Waals surface area contributed by atoms with Crippen molar-refractivity contribution in [2.75, 3.05) is 5.73 Å². The lowest BCUT2D eigenvalue weighted by Gasteiger charge is -2.12. The SMILES string of the molecule is NC(=O)C[C@H](NC(=O)Cc1cccc(N)c1)C(=O)O. The molecule has 0 saturated carbocycles. The van der Waals surface area contributed by atoms with Gasteiger partial charge >= 0.3 is 5.97 Å². The number of carbonyl (C=O) groups is 3. The van der Waals surface area contributed by atoms with Gasteiger partial charge in [-0.05, 0) is 17.7 Å². The molecule has 0 heterocycles. The van der Waals surface area contributed by atoms with Crippen molar-refractivity contribution in [3.05, 3.63) is 29.8 Å². The predicted molar refractivity (Wildman–Crippen MR) is 67.9 cm³/mol. The number of hydrogen-bond donors (Lipinski definition) is 4. The first-order chi connectivity index (χ1) is 8.88. The van der Waals surface area contributed by atoms with E-state index >= 15 is 0 Å². The molecule has 6 N–H and O–H groups in total. The molecular weight excluding hydrogens is 250 g/mol. The summed E-state index contributed by atoms with van der Waals surface area (Å²) in [6, 6.07) is 5.36. The molecule has 102 valence electrons. The Morgan fingerprint density at radius 1 is 1.32 bits per heavy atom. The highest BCUT2D eigenvalue weighted by Gasteiger charge is 2.21. The average molecular weight is 265 g/mol. The summed E-state index contributed by atoms with van der Waals surface area (Å²) in [5.41, 5.74) is 11.6. The highest BCUT2D eigenvalue weighted by molar-refractivity contribution is 5.88. The topological polar surface area (TPSA) is 136 Å². The van der Waals surface area contributed by atoms with E-state index < -0.39 is 30.2 Å². The first-order valence-corrected chi connectivity index (χ1v) is 5.53. The molecule has 1 rings (SSSR count). The lowest BCUT2D eigenvalue weighted by Crippen LogP contribution is -2.43. The van der Waals surface area contributed by atoms with Gasteiger partial charge in [-0.15, -0.1) is 0 Å². The van der Waals surface area contributed by atoms with Crippen molar-refractivity contribution >= 4 is 23.5 Å². The van der Waals surface area contributed by atoms with Crippen LogP contribution in [0.2, 0.25) is 0 Å². The number of carboxylic acid groups (broad SMARTS) is 1. The molecule has 1 aromatic carbocycles. The maximum Gasteiger partial charge on any atom is 0.326 e. The number of benzene rings is 1. The zero-order valence-electron chi connectivity index (χ0n) is 10.1. The molecule has 0 radical (unpaired) electrons. The Labute approximate surface area is 109 Å². The fourth-order valence-electron chi connectivity index (χ4n) is 1.54. The van der Waals surface area contributed by atoms with Crippen molar-refractivity contribution in [3.8, 4) is 0 Å². The second-order valence-corrected chi connectivity index (χ2v) is 4.05. The third-order valence-electron chi connectivity index (χ3n) is 2.35. The summed E-state index contributed by atoms with van der Waals surface area (Å²) in [5.74, 6) is -2.62. The zero-order valence-corrected chi connectivity index (χ0v) is 10.1. The van der Waals surface area contributed by atoms with Crippen molar-refractivity contribution in [1.82, 2.24) is 5.32 Å². The fraction of sp³-hybridized carbons (Fsp3) is 0.250. The predicted octanol–water partition coefficient (Wildman–Crippen LogP) is -0.744. The number of hydrogen-bond acceptors (Lipinski definition) is 4. The van der Waals surface area contributed by atoms with Gasteiger partial charge in [0, 0.05) is 5.69 Å². The maximum atomic E-state index is 11.7. The van der Waals surface area contributed by atoms with E-state index in [2.05, 4.69) is 5.32 Å². The third-order valence-corrected chi connectivity index (χ3v) is 2.35. The smallest absolute Gasteiger partial charge is 0.326 e. The van der Waals surface area contributed by atoms with E-state index in [0.29, 0.717) is 11.3 Å². The van der Waals surface area contributed by atoms with E-state index in [4.69, 9.17) is 16.6 Å². The minimum absolute atomic E-state index is 0.0203. The molecule has 7 nitrogen and oxygen atoms in total. The first-order valence-electron chi connectivity index (χ1n) is 5.53. The quantitative estimate of drug-likeness (QED) is 0.502. The molecule has 0 aliphatic rings. The van der Waals surface area contributed by atoms with Crippen LogP contribution < -0.4 is 16.8 Å². The van der Waals surface area contributed by atoms with E-state index in [-0.39, 0.29) is 6.42 Å². The van der Waals surface area contributed by atoms with Crippen LogP contribution >= 0.6 is 0 Å².